The number of nitrogens with one attached hydrogen (secondary N) is 1. The number of pyridine rings is 2. The van der Waals surface area contributed by atoms with Crippen LogP contribution in [-0.4, -0.2) is 64.8 Å². The number of carbonyl (C=O) groups is 2. The molecule has 0 unspecified atom stereocenters. The van der Waals surface area contributed by atoms with Gasteiger partial charge in [-0.15, -0.1) is 0 Å². The average Bonchev–Trinajstić information content (AvgIpc) is 3.57. The maximum Gasteiger partial charge on any atom is 0.433 e. The van der Waals surface area contributed by atoms with E-state index in [1.54, 1.807) is 11.1 Å². The maximum absolute atomic E-state index is 14.2. The van der Waals surface area contributed by atoms with Crippen LogP contribution >= 0.6 is 0 Å². The number of benzene rings is 2. The Labute approximate surface area is 266 Å². The third-order valence-corrected chi connectivity index (χ3v) is 8.19. The number of halogens is 3. The van der Waals surface area contributed by atoms with Crippen molar-refractivity contribution < 1.29 is 22.8 Å². The van der Waals surface area contributed by atoms with Crippen molar-refractivity contribution in [3.8, 4) is 11.3 Å². The first-order valence-electron chi connectivity index (χ1n) is 15.1. The van der Waals surface area contributed by atoms with Crippen molar-refractivity contribution in [3.05, 3.63) is 125 Å². The summed E-state index contributed by atoms with van der Waals surface area (Å²) >= 11 is 0. The molecule has 5 rings (SSSR count). The Kier molecular flexibility index (Phi) is 10.3. The van der Waals surface area contributed by atoms with E-state index < -0.39 is 23.7 Å². The molecule has 1 saturated heterocycles. The first-order chi connectivity index (χ1) is 22.1. The molecule has 2 aromatic heterocycles. The van der Waals surface area contributed by atoms with Crippen molar-refractivity contribution in [2.75, 3.05) is 27.2 Å². The Morgan fingerprint density at radius 1 is 0.957 bits per heavy atom. The van der Waals surface area contributed by atoms with Crippen LogP contribution in [0.25, 0.3) is 17.3 Å². The summed E-state index contributed by atoms with van der Waals surface area (Å²) < 4.78 is 39.7. The summed E-state index contributed by atoms with van der Waals surface area (Å²) in [7, 11) is 3.94. The van der Waals surface area contributed by atoms with E-state index in [2.05, 4.69) is 20.2 Å². The van der Waals surface area contributed by atoms with Crippen LogP contribution in [-0.2, 0) is 28.7 Å². The fourth-order valence-electron chi connectivity index (χ4n) is 5.54. The van der Waals surface area contributed by atoms with Crippen LogP contribution in [0, 0.1) is 5.92 Å². The first-order valence-corrected chi connectivity index (χ1v) is 15.1. The molecule has 1 fully saturated rings. The molecule has 10 heteroatoms. The molecule has 7 nitrogen and oxygen atoms in total. The van der Waals surface area contributed by atoms with Crippen molar-refractivity contribution in [1.29, 1.82) is 0 Å². The Balaban J connectivity index is 1.46. The van der Waals surface area contributed by atoms with Gasteiger partial charge in [0.05, 0.1) is 11.6 Å². The number of likely N-dealkylation sites (tertiary alicyclic amines) is 1. The molecular weight excluding hydrogens is 591 g/mol. The molecule has 238 valence electrons. The predicted molar refractivity (Wildman–Crippen MR) is 171 cm³/mol. The molecule has 0 radical (unpaired) electrons. The molecule has 4 aromatic rings. The van der Waals surface area contributed by atoms with Crippen LogP contribution in [0.4, 0.5) is 13.2 Å². The van der Waals surface area contributed by atoms with Gasteiger partial charge in [-0.3, -0.25) is 19.6 Å². The summed E-state index contributed by atoms with van der Waals surface area (Å²) in [6.45, 7) is 1.26. The highest BCUT2D eigenvalue weighted by Crippen LogP contribution is 2.29. The molecule has 3 heterocycles. The van der Waals surface area contributed by atoms with E-state index in [4.69, 9.17) is 0 Å². The number of alkyl halides is 3. The van der Waals surface area contributed by atoms with Crippen LogP contribution in [0.2, 0.25) is 0 Å². The number of aromatic nitrogens is 2. The van der Waals surface area contributed by atoms with Crippen LogP contribution in [0.1, 0.15) is 28.8 Å². The quantitative estimate of drug-likeness (QED) is 0.222. The number of hydrogen-bond acceptors (Lipinski definition) is 5. The average molecular weight is 628 g/mol. The number of amides is 2. The minimum atomic E-state index is -4.60. The summed E-state index contributed by atoms with van der Waals surface area (Å²) in [6.07, 6.45) is 0.735. The normalized spacial score (nSPS) is 16.0. The zero-order valence-electron chi connectivity index (χ0n) is 25.7. The minimum Gasteiger partial charge on any atom is -0.348 e. The summed E-state index contributed by atoms with van der Waals surface area (Å²) in [4.78, 5) is 40.0. The first kappa shape index (κ1) is 32.6. The zero-order chi connectivity index (χ0) is 32.7. The van der Waals surface area contributed by atoms with Crippen molar-refractivity contribution in [2.45, 2.75) is 31.6 Å². The Hall–Kier alpha value is -4.83. The number of hydrogen-bond donors (Lipinski definition) is 1. The summed E-state index contributed by atoms with van der Waals surface area (Å²) in [6, 6.07) is 25.0. The second-order valence-electron chi connectivity index (χ2n) is 11.6. The summed E-state index contributed by atoms with van der Waals surface area (Å²) in [5.41, 5.74) is 2.87. The molecule has 2 aromatic carbocycles. The highest BCUT2D eigenvalue weighted by molar-refractivity contribution is 6.04. The van der Waals surface area contributed by atoms with Gasteiger partial charge in [0.1, 0.15) is 5.69 Å². The number of likely N-dealkylation sites (N-methyl/N-ethyl adjacent to an activating group) is 1. The highest BCUT2D eigenvalue weighted by atomic mass is 19.4. The molecule has 0 bridgehead atoms. The van der Waals surface area contributed by atoms with Crippen molar-refractivity contribution in [2.24, 2.45) is 5.92 Å². The lowest BCUT2D eigenvalue weighted by Gasteiger charge is -2.26. The van der Waals surface area contributed by atoms with Crippen molar-refractivity contribution >= 4 is 17.9 Å². The Morgan fingerprint density at radius 3 is 2.30 bits per heavy atom. The van der Waals surface area contributed by atoms with Gasteiger partial charge < -0.3 is 15.1 Å². The van der Waals surface area contributed by atoms with Gasteiger partial charge in [-0.1, -0.05) is 66.7 Å². The number of nitrogens with zero attached hydrogens (tertiary/aromatic N) is 4. The molecule has 46 heavy (non-hydrogen) atoms. The second kappa shape index (κ2) is 14.5. The third-order valence-electron chi connectivity index (χ3n) is 8.19. The summed E-state index contributed by atoms with van der Waals surface area (Å²) in [5.74, 6) is -1.56. The minimum absolute atomic E-state index is 0.161. The third kappa shape index (κ3) is 8.25. The van der Waals surface area contributed by atoms with E-state index in [1.165, 1.54) is 12.1 Å². The van der Waals surface area contributed by atoms with E-state index in [0.29, 0.717) is 13.1 Å². The van der Waals surface area contributed by atoms with Crippen molar-refractivity contribution in [3.63, 3.8) is 0 Å². The van der Waals surface area contributed by atoms with Crippen LogP contribution in [0.5, 0.6) is 0 Å². The maximum atomic E-state index is 14.2. The largest absolute Gasteiger partial charge is 0.433 e. The van der Waals surface area contributed by atoms with Gasteiger partial charge in [0.25, 0.3) is 0 Å². The van der Waals surface area contributed by atoms with Crippen LogP contribution in [0.15, 0.2) is 103 Å². The molecule has 0 spiro atoms. The smallest absolute Gasteiger partial charge is 0.348 e. The van der Waals surface area contributed by atoms with E-state index in [1.807, 2.05) is 86.9 Å². The van der Waals surface area contributed by atoms with Crippen molar-refractivity contribution in [1.82, 2.24) is 25.1 Å². The fourth-order valence-corrected chi connectivity index (χ4v) is 5.54. The SMILES string of the molecule is CN(C)[C@H]1CCN(C(=O)[C@@H](Cc2ccccc2)C(=Cc2ccc(C(F)(F)F)nc2)C(=O)NCc2ccc(-c3ccccn3)cc2)C1. The van der Waals surface area contributed by atoms with Gasteiger partial charge in [0, 0.05) is 49.2 Å². The van der Waals surface area contributed by atoms with E-state index >= 15 is 0 Å². The fraction of sp³-hybridized carbons (Fsp3) is 0.278. The lowest BCUT2D eigenvalue weighted by atomic mass is 9.88. The monoisotopic (exact) mass is 627 g/mol. The van der Waals surface area contributed by atoms with E-state index in [0.717, 1.165) is 41.1 Å². The van der Waals surface area contributed by atoms with Gasteiger partial charge in [-0.05, 0) is 67.9 Å². The Morgan fingerprint density at radius 2 is 1.70 bits per heavy atom. The molecule has 1 aliphatic heterocycles. The molecule has 1 aliphatic rings. The van der Waals surface area contributed by atoms with Crippen LogP contribution < -0.4 is 5.32 Å². The number of rotatable bonds is 10. The molecule has 0 saturated carbocycles. The predicted octanol–water partition coefficient (Wildman–Crippen LogP) is 5.88. The molecule has 2 amide bonds. The molecular formula is C36H36F3N5O2. The van der Waals surface area contributed by atoms with Gasteiger partial charge >= 0.3 is 6.18 Å². The standard InChI is InChI=1S/C36H36F3N5O2/c1-43(2)29-17-19-44(24-29)35(46)31(20-25-8-4-3-5-9-25)30(21-27-13-16-33(41-23-27)36(37,38)39)34(45)42-22-26-11-14-28(15-12-26)32-10-6-7-18-40-32/h3-16,18,21,23,29,31H,17,19-20,22,24H2,1-2H3,(H,42,45)/t29-,31-/m0/s1. The molecule has 0 aliphatic carbocycles. The molecule has 2 atom stereocenters. The highest BCUT2D eigenvalue weighted by Gasteiger charge is 2.36. The topological polar surface area (TPSA) is 78.4 Å². The molecule has 1 N–H and O–H groups in total. The van der Waals surface area contributed by atoms with Gasteiger partial charge in [0.15, 0.2) is 0 Å². The van der Waals surface area contributed by atoms with Gasteiger partial charge in [0.2, 0.25) is 11.8 Å². The van der Waals surface area contributed by atoms with Gasteiger partial charge in [-0.25, -0.2) is 0 Å². The lowest BCUT2D eigenvalue weighted by Crippen LogP contribution is -2.41. The Bertz CT molecular complexity index is 1640. The zero-order valence-corrected chi connectivity index (χ0v) is 25.7. The van der Waals surface area contributed by atoms with Crippen LogP contribution in [0.3, 0.4) is 0 Å². The second-order valence-corrected chi connectivity index (χ2v) is 11.6. The van der Waals surface area contributed by atoms with E-state index in [-0.39, 0.29) is 36.1 Å². The lowest BCUT2D eigenvalue weighted by molar-refractivity contribution is -0.141. The van der Waals surface area contributed by atoms with E-state index in [9.17, 15) is 22.8 Å². The van der Waals surface area contributed by atoms with Gasteiger partial charge in [-0.2, -0.15) is 13.2 Å². The number of carbonyl (C=O) groups excluding carboxylic acids is 2. The summed E-state index contributed by atoms with van der Waals surface area (Å²) in [5, 5.41) is 2.95.